The van der Waals surface area contributed by atoms with E-state index in [1.54, 1.807) is 0 Å². The second kappa shape index (κ2) is 4.30. The zero-order valence-electron chi connectivity index (χ0n) is 9.05. The minimum Gasteiger partial charge on any atom is -0.240 e. The Morgan fingerprint density at radius 2 is 1.76 bits per heavy atom. The Morgan fingerprint density at radius 1 is 1.00 bits per heavy atom. The molecule has 0 aliphatic rings. The van der Waals surface area contributed by atoms with E-state index < -0.39 is 0 Å². The fourth-order valence-electron chi connectivity index (χ4n) is 1.82. The number of halogens is 1. The van der Waals surface area contributed by atoms with Crippen molar-refractivity contribution in [1.82, 2.24) is 15.0 Å². The molecule has 84 valence electrons. The third kappa shape index (κ3) is 1.96. The van der Waals surface area contributed by atoms with Crippen LogP contribution in [0.2, 0.25) is 0 Å². The van der Waals surface area contributed by atoms with E-state index in [9.17, 15) is 0 Å². The highest BCUT2D eigenvalue weighted by Crippen LogP contribution is 2.18. The lowest BCUT2D eigenvalue weighted by molar-refractivity contribution is 0.668. The molecule has 0 N–H and O–H groups in total. The van der Waals surface area contributed by atoms with Crippen molar-refractivity contribution < 1.29 is 0 Å². The fraction of sp³-hybridized carbons (Fsp3) is 0.0769. The monoisotopic (exact) mass is 287 g/mol. The summed E-state index contributed by atoms with van der Waals surface area (Å²) < 4.78 is 3.01. The van der Waals surface area contributed by atoms with Gasteiger partial charge in [-0.3, -0.25) is 0 Å². The second-order valence-electron chi connectivity index (χ2n) is 3.83. The summed E-state index contributed by atoms with van der Waals surface area (Å²) in [5, 5.41) is 8.32. The molecule has 4 heteroatoms. The van der Waals surface area contributed by atoms with Crippen LogP contribution < -0.4 is 0 Å². The van der Waals surface area contributed by atoms with Gasteiger partial charge in [-0.2, -0.15) is 0 Å². The molecule has 2 aromatic carbocycles. The standard InChI is InChI=1S/C13H10BrN3/c14-11-6-2-1-5-10(11)9-17-13-8-4-3-7-12(13)15-16-17/h1-8H,9H2. The lowest BCUT2D eigenvalue weighted by atomic mass is 10.2. The van der Waals surface area contributed by atoms with Gasteiger partial charge in [0.25, 0.3) is 0 Å². The molecule has 0 saturated carbocycles. The van der Waals surface area contributed by atoms with E-state index in [0.29, 0.717) is 0 Å². The maximum atomic E-state index is 4.18. The molecule has 0 bridgehead atoms. The number of nitrogens with zero attached hydrogens (tertiary/aromatic N) is 3. The van der Waals surface area contributed by atoms with E-state index in [2.05, 4.69) is 32.3 Å². The molecule has 1 aromatic heterocycles. The zero-order chi connectivity index (χ0) is 11.7. The molecule has 1 heterocycles. The van der Waals surface area contributed by atoms with Crippen molar-refractivity contribution in [3.63, 3.8) is 0 Å². The van der Waals surface area contributed by atoms with Crippen LogP contribution in [-0.4, -0.2) is 15.0 Å². The average Bonchev–Trinajstić information content (AvgIpc) is 2.76. The molecule has 3 nitrogen and oxygen atoms in total. The first-order valence-electron chi connectivity index (χ1n) is 5.36. The lowest BCUT2D eigenvalue weighted by Gasteiger charge is -2.04. The molecule has 0 unspecified atom stereocenters. The van der Waals surface area contributed by atoms with Gasteiger partial charge in [-0.05, 0) is 23.8 Å². The number of fused-ring (bicyclic) bond motifs is 1. The lowest BCUT2D eigenvalue weighted by Crippen LogP contribution is -2.02. The second-order valence-corrected chi connectivity index (χ2v) is 4.68. The van der Waals surface area contributed by atoms with Gasteiger partial charge in [-0.25, -0.2) is 4.68 Å². The van der Waals surface area contributed by atoms with Gasteiger partial charge in [0.2, 0.25) is 0 Å². The van der Waals surface area contributed by atoms with Gasteiger partial charge in [-0.1, -0.05) is 51.5 Å². The third-order valence-corrected chi connectivity index (χ3v) is 3.47. The van der Waals surface area contributed by atoms with Crippen LogP contribution in [0.5, 0.6) is 0 Å². The van der Waals surface area contributed by atoms with Crippen molar-refractivity contribution in [1.29, 1.82) is 0 Å². The maximum Gasteiger partial charge on any atom is 0.113 e. The average molecular weight is 288 g/mol. The molecule has 0 aliphatic heterocycles. The number of para-hydroxylation sites is 1. The van der Waals surface area contributed by atoms with Crippen molar-refractivity contribution in [2.75, 3.05) is 0 Å². The number of benzene rings is 2. The minimum atomic E-state index is 0.724. The van der Waals surface area contributed by atoms with Crippen molar-refractivity contribution in [3.05, 3.63) is 58.6 Å². The van der Waals surface area contributed by atoms with E-state index in [4.69, 9.17) is 0 Å². The molecule has 0 saturated heterocycles. The highest BCUT2D eigenvalue weighted by atomic mass is 79.9. The topological polar surface area (TPSA) is 30.7 Å². The number of hydrogen-bond acceptors (Lipinski definition) is 2. The zero-order valence-corrected chi connectivity index (χ0v) is 10.6. The first-order valence-corrected chi connectivity index (χ1v) is 6.15. The normalized spacial score (nSPS) is 10.9. The smallest absolute Gasteiger partial charge is 0.113 e. The molecule has 0 amide bonds. The predicted molar refractivity (Wildman–Crippen MR) is 70.8 cm³/mol. The minimum absolute atomic E-state index is 0.724. The highest BCUT2D eigenvalue weighted by molar-refractivity contribution is 9.10. The Balaban J connectivity index is 2.03. The predicted octanol–water partition coefficient (Wildman–Crippen LogP) is 3.24. The Kier molecular flexibility index (Phi) is 2.65. The third-order valence-electron chi connectivity index (χ3n) is 2.70. The Bertz CT molecular complexity index is 660. The summed E-state index contributed by atoms with van der Waals surface area (Å²) in [5.74, 6) is 0. The summed E-state index contributed by atoms with van der Waals surface area (Å²) >= 11 is 3.54. The Labute approximate surface area is 107 Å². The molecule has 0 radical (unpaired) electrons. The van der Waals surface area contributed by atoms with Crippen LogP contribution >= 0.6 is 15.9 Å². The summed E-state index contributed by atoms with van der Waals surface area (Å²) in [6.45, 7) is 0.724. The largest absolute Gasteiger partial charge is 0.240 e. The van der Waals surface area contributed by atoms with Crippen LogP contribution in [0.25, 0.3) is 11.0 Å². The van der Waals surface area contributed by atoms with Crippen molar-refractivity contribution in [3.8, 4) is 0 Å². The van der Waals surface area contributed by atoms with Crippen molar-refractivity contribution >= 4 is 27.0 Å². The molecule has 3 rings (SSSR count). The van der Waals surface area contributed by atoms with E-state index in [0.717, 1.165) is 22.1 Å². The number of rotatable bonds is 2. The molecular formula is C13H10BrN3. The van der Waals surface area contributed by atoms with E-state index in [1.807, 2.05) is 47.1 Å². The SMILES string of the molecule is Brc1ccccc1Cn1nnc2ccccc21. The molecular weight excluding hydrogens is 278 g/mol. The van der Waals surface area contributed by atoms with Gasteiger partial charge in [0.15, 0.2) is 0 Å². The van der Waals surface area contributed by atoms with Crippen molar-refractivity contribution in [2.24, 2.45) is 0 Å². The van der Waals surface area contributed by atoms with Gasteiger partial charge >= 0.3 is 0 Å². The van der Waals surface area contributed by atoms with Crippen LogP contribution in [0.3, 0.4) is 0 Å². The fourth-order valence-corrected chi connectivity index (χ4v) is 2.23. The van der Waals surface area contributed by atoms with Crippen LogP contribution in [0.1, 0.15) is 5.56 Å². The van der Waals surface area contributed by atoms with Crippen LogP contribution in [0.15, 0.2) is 53.0 Å². The summed E-state index contributed by atoms with van der Waals surface area (Å²) in [6.07, 6.45) is 0. The quantitative estimate of drug-likeness (QED) is 0.724. The number of aromatic nitrogens is 3. The Morgan fingerprint density at radius 3 is 2.65 bits per heavy atom. The van der Waals surface area contributed by atoms with Gasteiger partial charge < -0.3 is 0 Å². The first kappa shape index (κ1) is 10.5. The molecule has 3 aromatic rings. The van der Waals surface area contributed by atoms with Gasteiger partial charge in [0.05, 0.1) is 12.1 Å². The van der Waals surface area contributed by atoms with Crippen LogP contribution in [0, 0.1) is 0 Å². The number of hydrogen-bond donors (Lipinski definition) is 0. The summed E-state index contributed by atoms with van der Waals surface area (Å²) in [4.78, 5) is 0. The highest BCUT2D eigenvalue weighted by Gasteiger charge is 2.05. The summed E-state index contributed by atoms with van der Waals surface area (Å²) in [6, 6.07) is 16.1. The molecule has 0 atom stereocenters. The maximum absolute atomic E-state index is 4.18. The van der Waals surface area contributed by atoms with E-state index in [-0.39, 0.29) is 0 Å². The van der Waals surface area contributed by atoms with Gasteiger partial charge in [-0.15, -0.1) is 5.10 Å². The van der Waals surface area contributed by atoms with Gasteiger partial charge in [0.1, 0.15) is 5.52 Å². The molecule has 0 aliphatic carbocycles. The molecule has 0 spiro atoms. The summed E-state index contributed by atoms with van der Waals surface area (Å²) in [5.41, 5.74) is 3.19. The molecule has 17 heavy (non-hydrogen) atoms. The van der Waals surface area contributed by atoms with E-state index in [1.165, 1.54) is 5.56 Å². The summed E-state index contributed by atoms with van der Waals surface area (Å²) in [7, 11) is 0. The van der Waals surface area contributed by atoms with Gasteiger partial charge in [0, 0.05) is 4.47 Å². The molecule has 0 fully saturated rings. The van der Waals surface area contributed by atoms with Crippen LogP contribution in [-0.2, 0) is 6.54 Å². The van der Waals surface area contributed by atoms with E-state index >= 15 is 0 Å². The Hall–Kier alpha value is -1.68. The van der Waals surface area contributed by atoms with Crippen molar-refractivity contribution in [2.45, 2.75) is 6.54 Å². The first-order chi connectivity index (χ1) is 8.34. The van der Waals surface area contributed by atoms with Crippen LogP contribution in [0.4, 0.5) is 0 Å².